The molecule has 1 N–H and O–H groups in total. The number of nitrogens with zero attached hydrogens (tertiary/aromatic N) is 2. The highest BCUT2D eigenvalue weighted by atomic mass is 35.5. The first-order valence-corrected chi connectivity index (χ1v) is 5.96. The molecule has 0 unspecified atom stereocenters. The third-order valence-electron chi connectivity index (χ3n) is 2.57. The van der Waals surface area contributed by atoms with Crippen molar-refractivity contribution in [2.24, 2.45) is 0 Å². The van der Waals surface area contributed by atoms with E-state index in [1.54, 1.807) is 0 Å². The lowest BCUT2D eigenvalue weighted by Gasteiger charge is -2.04. The smallest absolute Gasteiger partial charge is 0.0416 e. The summed E-state index contributed by atoms with van der Waals surface area (Å²) in [6, 6.07) is 12.0. The van der Waals surface area contributed by atoms with E-state index < -0.39 is 0 Å². The first-order valence-electron chi connectivity index (χ1n) is 5.96. The van der Waals surface area contributed by atoms with Crippen LogP contribution in [0.15, 0.2) is 48.8 Å². The van der Waals surface area contributed by atoms with Crippen LogP contribution in [0.1, 0.15) is 11.4 Å². The quantitative estimate of drug-likeness (QED) is 0.813. The summed E-state index contributed by atoms with van der Waals surface area (Å²) in [5, 5.41) is 3.40. The van der Waals surface area contributed by atoms with E-state index in [1.807, 2.05) is 36.7 Å². The maximum absolute atomic E-state index is 4.28. The third kappa shape index (κ3) is 5.25. The van der Waals surface area contributed by atoms with E-state index in [4.69, 9.17) is 0 Å². The zero-order valence-electron chi connectivity index (χ0n) is 10.2. The van der Waals surface area contributed by atoms with Crippen molar-refractivity contribution in [3.8, 4) is 0 Å². The van der Waals surface area contributed by atoms with Crippen molar-refractivity contribution in [2.75, 3.05) is 13.1 Å². The minimum Gasteiger partial charge on any atom is -0.316 e. The van der Waals surface area contributed by atoms with Crippen LogP contribution < -0.4 is 5.32 Å². The minimum absolute atomic E-state index is 0. The molecular formula is C14H18ClN3. The molecule has 4 heteroatoms. The standard InChI is InChI=1S/C14H17N3.ClH/c1-3-9-16-13(5-1)7-11-15-12-8-14-6-2-4-10-17-14;/h1-6,9-10,15H,7-8,11-12H2;1H. The predicted octanol–water partition coefficient (Wildman–Crippen LogP) is 2.27. The second-order valence-electron chi connectivity index (χ2n) is 3.89. The molecule has 3 nitrogen and oxygen atoms in total. The van der Waals surface area contributed by atoms with Gasteiger partial charge >= 0.3 is 0 Å². The summed E-state index contributed by atoms with van der Waals surface area (Å²) in [5.74, 6) is 0. The van der Waals surface area contributed by atoms with Crippen LogP contribution in [-0.2, 0) is 12.8 Å². The molecule has 0 radical (unpaired) electrons. The van der Waals surface area contributed by atoms with Crippen LogP contribution in [0, 0.1) is 0 Å². The SMILES string of the molecule is Cl.c1ccc(CCNCCc2ccccn2)nc1. The molecule has 0 aliphatic carbocycles. The van der Waals surface area contributed by atoms with Gasteiger partial charge in [-0.3, -0.25) is 9.97 Å². The number of hydrogen-bond donors (Lipinski definition) is 1. The molecule has 0 spiro atoms. The summed E-state index contributed by atoms with van der Waals surface area (Å²) in [7, 11) is 0. The Morgan fingerprint density at radius 3 is 1.67 bits per heavy atom. The van der Waals surface area contributed by atoms with E-state index in [2.05, 4.69) is 27.4 Å². The molecule has 2 heterocycles. The Balaban J connectivity index is 0.00000162. The van der Waals surface area contributed by atoms with Gasteiger partial charge in [-0.1, -0.05) is 12.1 Å². The lowest BCUT2D eigenvalue weighted by Crippen LogP contribution is -2.20. The van der Waals surface area contributed by atoms with Crippen molar-refractivity contribution in [3.05, 3.63) is 60.2 Å². The molecule has 2 aromatic heterocycles. The van der Waals surface area contributed by atoms with Gasteiger partial charge in [-0.2, -0.15) is 0 Å². The monoisotopic (exact) mass is 263 g/mol. The van der Waals surface area contributed by atoms with Gasteiger partial charge < -0.3 is 5.32 Å². The summed E-state index contributed by atoms with van der Waals surface area (Å²) in [5.41, 5.74) is 2.27. The van der Waals surface area contributed by atoms with Gasteiger partial charge in [0.1, 0.15) is 0 Å². The van der Waals surface area contributed by atoms with Crippen LogP contribution in [0.2, 0.25) is 0 Å². The van der Waals surface area contributed by atoms with E-state index in [9.17, 15) is 0 Å². The summed E-state index contributed by atoms with van der Waals surface area (Å²) < 4.78 is 0. The second kappa shape index (κ2) is 8.61. The highest BCUT2D eigenvalue weighted by Gasteiger charge is 1.94. The Morgan fingerprint density at radius 2 is 1.28 bits per heavy atom. The molecule has 2 rings (SSSR count). The first-order chi connectivity index (χ1) is 8.45. The van der Waals surface area contributed by atoms with E-state index in [0.717, 1.165) is 37.3 Å². The number of halogens is 1. The average Bonchev–Trinajstić information content (AvgIpc) is 2.41. The Kier molecular flexibility index (Phi) is 6.99. The Hall–Kier alpha value is -1.45. The second-order valence-corrected chi connectivity index (χ2v) is 3.89. The maximum Gasteiger partial charge on any atom is 0.0416 e. The Bertz CT molecular complexity index is 378. The van der Waals surface area contributed by atoms with E-state index in [0.29, 0.717) is 0 Å². The normalized spacial score (nSPS) is 9.78. The molecule has 0 aliphatic heterocycles. The Labute approximate surface area is 114 Å². The summed E-state index contributed by atoms with van der Waals surface area (Å²) in [4.78, 5) is 8.56. The molecule has 0 amide bonds. The van der Waals surface area contributed by atoms with Crippen LogP contribution in [0.4, 0.5) is 0 Å². The lowest BCUT2D eigenvalue weighted by molar-refractivity contribution is 0.670. The number of rotatable bonds is 6. The van der Waals surface area contributed by atoms with Gasteiger partial charge in [0, 0.05) is 49.7 Å². The topological polar surface area (TPSA) is 37.8 Å². The van der Waals surface area contributed by atoms with E-state index >= 15 is 0 Å². The van der Waals surface area contributed by atoms with Gasteiger partial charge in [0.05, 0.1) is 0 Å². The fraction of sp³-hybridized carbons (Fsp3) is 0.286. The number of pyridine rings is 2. The van der Waals surface area contributed by atoms with E-state index in [1.165, 1.54) is 0 Å². The fourth-order valence-electron chi connectivity index (χ4n) is 1.65. The van der Waals surface area contributed by atoms with Gasteiger partial charge in [-0.15, -0.1) is 12.4 Å². The molecule has 0 atom stereocenters. The predicted molar refractivity (Wildman–Crippen MR) is 76.0 cm³/mol. The van der Waals surface area contributed by atoms with Crippen molar-refractivity contribution in [1.29, 1.82) is 0 Å². The summed E-state index contributed by atoms with van der Waals surface area (Å²) in [6.07, 6.45) is 5.62. The first kappa shape index (κ1) is 14.6. The molecule has 96 valence electrons. The highest BCUT2D eigenvalue weighted by Crippen LogP contribution is 1.95. The summed E-state index contributed by atoms with van der Waals surface area (Å²) >= 11 is 0. The van der Waals surface area contributed by atoms with Crippen LogP contribution >= 0.6 is 12.4 Å². The van der Waals surface area contributed by atoms with Gasteiger partial charge in [-0.05, 0) is 24.3 Å². The van der Waals surface area contributed by atoms with Crippen molar-refractivity contribution in [3.63, 3.8) is 0 Å². The van der Waals surface area contributed by atoms with Gasteiger partial charge in [-0.25, -0.2) is 0 Å². The van der Waals surface area contributed by atoms with Crippen molar-refractivity contribution in [1.82, 2.24) is 15.3 Å². The van der Waals surface area contributed by atoms with Crippen molar-refractivity contribution >= 4 is 12.4 Å². The van der Waals surface area contributed by atoms with Crippen LogP contribution in [0.25, 0.3) is 0 Å². The van der Waals surface area contributed by atoms with Crippen LogP contribution in [-0.4, -0.2) is 23.1 Å². The lowest BCUT2D eigenvalue weighted by atomic mass is 10.2. The molecule has 0 bridgehead atoms. The fourth-order valence-corrected chi connectivity index (χ4v) is 1.65. The van der Waals surface area contributed by atoms with Crippen molar-refractivity contribution < 1.29 is 0 Å². The average molecular weight is 264 g/mol. The molecule has 0 aromatic carbocycles. The molecule has 18 heavy (non-hydrogen) atoms. The van der Waals surface area contributed by atoms with Crippen molar-refractivity contribution in [2.45, 2.75) is 12.8 Å². The molecule has 0 fully saturated rings. The maximum atomic E-state index is 4.28. The van der Waals surface area contributed by atoms with Gasteiger partial charge in [0.25, 0.3) is 0 Å². The molecule has 0 aliphatic rings. The molecule has 2 aromatic rings. The van der Waals surface area contributed by atoms with E-state index in [-0.39, 0.29) is 12.4 Å². The highest BCUT2D eigenvalue weighted by molar-refractivity contribution is 5.85. The minimum atomic E-state index is 0. The number of nitrogens with one attached hydrogen (secondary N) is 1. The summed E-state index contributed by atoms with van der Waals surface area (Å²) in [6.45, 7) is 1.92. The van der Waals surface area contributed by atoms with Gasteiger partial charge in [0.15, 0.2) is 0 Å². The Morgan fingerprint density at radius 1 is 0.778 bits per heavy atom. The molecule has 0 saturated carbocycles. The van der Waals surface area contributed by atoms with Gasteiger partial charge in [0.2, 0.25) is 0 Å². The molecule has 0 saturated heterocycles. The van der Waals surface area contributed by atoms with Crippen LogP contribution in [0.5, 0.6) is 0 Å². The van der Waals surface area contributed by atoms with Crippen LogP contribution in [0.3, 0.4) is 0 Å². The largest absolute Gasteiger partial charge is 0.316 e. The zero-order chi connectivity index (χ0) is 11.8. The third-order valence-corrected chi connectivity index (χ3v) is 2.57. The number of hydrogen-bond acceptors (Lipinski definition) is 3. The molecular weight excluding hydrogens is 246 g/mol. The number of aromatic nitrogens is 2. The zero-order valence-corrected chi connectivity index (χ0v) is 11.1.